The molecule has 0 aliphatic heterocycles. The van der Waals surface area contributed by atoms with Crippen LogP contribution in [0.25, 0.3) is 43.4 Å². The number of benzene rings is 4. The van der Waals surface area contributed by atoms with Crippen molar-refractivity contribution in [3.63, 3.8) is 0 Å². The van der Waals surface area contributed by atoms with E-state index in [4.69, 9.17) is 0 Å². The minimum Gasteiger partial charge on any atom is -0.0537 e. The van der Waals surface area contributed by atoms with Crippen molar-refractivity contribution in [3.05, 3.63) is 60.7 Å². The summed E-state index contributed by atoms with van der Waals surface area (Å²) >= 11 is 0. The predicted octanol–water partition coefficient (Wildman–Crippen LogP) is 5.13. The SMILES string of the molecule is c1cc2cc3cc4ccc5cc4cc3cc2cc1-5. The van der Waals surface area contributed by atoms with Crippen molar-refractivity contribution in [1.82, 2.24) is 0 Å². The fraction of sp³-hybridized carbons (Fsp3) is 0. The molecule has 0 heteroatoms. The van der Waals surface area contributed by atoms with Gasteiger partial charge < -0.3 is 0 Å². The monoisotopic (exact) mass is 226 g/mol. The lowest BCUT2D eigenvalue weighted by molar-refractivity contribution is 1.71. The first-order valence-corrected chi connectivity index (χ1v) is 6.29. The third-order valence-corrected chi connectivity index (χ3v) is 4.08. The van der Waals surface area contributed by atoms with Gasteiger partial charge in [0.05, 0.1) is 0 Å². The van der Waals surface area contributed by atoms with Gasteiger partial charge in [0, 0.05) is 0 Å². The zero-order valence-corrected chi connectivity index (χ0v) is 9.77. The van der Waals surface area contributed by atoms with Gasteiger partial charge in [0.1, 0.15) is 0 Å². The molecule has 0 atom stereocenters. The summed E-state index contributed by atoms with van der Waals surface area (Å²) in [4.78, 5) is 0. The average Bonchev–Trinajstić information content (AvgIpc) is 2.48. The Morgan fingerprint density at radius 1 is 0.333 bits per heavy atom. The fourth-order valence-electron chi connectivity index (χ4n) is 3.11. The van der Waals surface area contributed by atoms with Gasteiger partial charge in [0.15, 0.2) is 0 Å². The van der Waals surface area contributed by atoms with Gasteiger partial charge >= 0.3 is 0 Å². The highest BCUT2D eigenvalue weighted by Gasteiger charge is 2.07. The molecular formula is C18H10. The summed E-state index contributed by atoms with van der Waals surface area (Å²) in [5, 5.41) is 7.99. The largest absolute Gasteiger partial charge is 0.0537 e. The van der Waals surface area contributed by atoms with E-state index in [1.807, 2.05) is 0 Å². The zero-order chi connectivity index (χ0) is 11.7. The number of fused-ring (bicyclic) bond motifs is 3. The first-order chi connectivity index (χ1) is 8.87. The van der Waals surface area contributed by atoms with E-state index in [2.05, 4.69) is 60.7 Å². The summed E-state index contributed by atoms with van der Waals surface area (Å²) in [5.41, 5.74) is 2.62. The first-order valence-electron chi connectivity index (χ1n) is 6.29. The summed E-state index contributed by atoms with van der Waals surface area (Å²) in [6, 6.07) is 22.7. The molecule has 0 nitrogen and oxygen atoms in total. The standard InChI is InChI=1S/C18H10/c1-3-13-7-17-8-14-4-2-12-6-16(14)10-18(17)9-15(13)5-11(1)12/h1-10H. The minimum absolute atomic E-state index is 1.31. The van der Waals surface area contributed by atoms with E-state index in [0.29, 0.717) is 0 Å². The normalized spacial score (nSPS) is 12.4. The third-order valence-electron chi connectivity index (χ3n) is 4.08. The highest BCUT2D eigenvalue weighted by molar-refractivity contribution is 6.07. The lowest BCUT2D eigenvalue weighted by Gasteiger charge is -2.03. The topological polar surface area (TPSA) is 0 Å². The van der Waals surface area contributed by atoms with Crippen LogP contribution in [0.3, 0.4) is 0 Å². The van der Waals surface area contributed by atoms with Gasteiger partial charge in [-0.15, -0.1) is 0 Å². The molecule has 1 aliphatic rings. The van der Waals surface area contributed by atoms with Gasteiger partial charge in [-0.1, -0.05) is 24.3 Å². The summed E-state index contributed by atoms with van der Waals surface area (Å²) in [6.07, 6.45) is 0. The first kappa shape index (κ1) is 8.71. The summed E-state index contributed by atoms with van der Waals surface area (Å²) in [5.74, 6) is 0. The summed E-state index contributed by atoms with van der Waals surface area (Å²) in [7, 11) is 0. The molecule has 5 bridgehead atoms. The van der Waals surface area contributed by atoms with Crippen LogP contribution in [-0.2, 0) is 0 Å². The molecule has 0 radical (unpaired) electrons. The second-order valence-electron chi connectivity index (χ2n) is 5.18. The Hall–Kier alpha value is -2.34. The van der Waals surface area contributed by atoms with Gasteiger partial charge in [0.2, 0.25) is 0 Å². The van der Waals surface area contributed by atoms with Crippen LogP contribution in [0.4, 0.5) is 0 Å². The van der Waals surface area contributed by atoms with E-state index in [1.54, 1.807) is 0 Å². The smallest absolute Gasteiger partial charge is 0.0171 e. The van der Waals surface area contributed by atoms with Crippen molar-refractivity contribution in [2.24, 2.45) is 0 Å². The van der Waals surface area contributed by atoms with Crippen LogP contribution in [0.15, 0.2) is 60.7 Å². The lowest BCUT2D eigenvalue weighted by atomic mass is 10.0. The highest BCUT2D eigenvalue weighted by atomic mass is 14.1. The van der Waals surface area contributed by atoms with Crippen LogP contribution in [0.5, 0.6) is 0 Å². The van der Waals surface area contributed by atoms with Crippen molar-refractivity contribution in [3.8, 4) is 11.1 Å². The molecule has 0 N–H and O–H groups in total. The van der Waals surface area contributed by atoms with E-state index in [0.717, 1.165) is 0 Å². The van der Waals surface area contributed by atoms with Gasteiger partial charge in [-0.3, -0.25) is 0 Å². The third kappa shape index (κ3) is 0.964. The minimum atomic E-state index is 1.31. The summed E-state index contributed by atoms with van der Waals surface area (Å²) in [6.45, 7) is 0. The predicted molar refractivity (Wildman–Crippen MR) is 78.0 cm³/mol. The molecule has 0 unspecified atom stereocenters. The van der Waals surface area contributed by atoms with Crippen molar-refractivity contribution in [1.29, 1.82) is 0 Å². The maximum atomic E-state index is 2.31. The number of hydrogen-bond donors (Lipinski definition) is 0. The van der Waals surface area contributed by atoms with E-state index >= 15 is 0 Å². The second-order valence-corrected chi connectivity index (χ2v) is 5.18. The molecule has 0 amide bonds. The Balaban J connectivity index is 2.28. The van der Waals surface area contributed by atoms with Crippen LogP contribution < -0.4 is 0 Å². The van der Waals surface area contributed by atoms with Gasteiger partial charge in [-0.2, -0.15) is 0 Å². The average molecular weight is 226 g/mol. The maximum Gasteiger partial charge on any atom is -0.0171 e. The Morgan fingerprint density at radius 3 is 1.22 bits per heavy atom. The quantitative estimate of drug-likeness (QED) is 0.321. The van der Waals surface area contributed by atoms with Crippen molar-refractivity contribution in [2.75, 3.05) is 0 Å². The van der Waals surface area contributed by atoms with Gasteiger partial charge in [0.25, 0.3) is 0 Å². The Labute approximate surface area is 104 Å². The van der Waals surface area contributed by atoms with Crippen LogP contribution in [0, 0.1) is 0 Å². The molecule has 0 saturated heterocycles. The van der Waals surface area contributed by atoms with E-state index < -0.39 is 0 Å². The molecular weight excluding hydrogens is 216 g/mol. The molecule has 0 fully saturated rings. The van der Waals surface area contributed by atoms with Crippen molar-refractivity contribution >= 4 is 32.3 Å². The summed E-state index contributed by atoms with van der Waals surface area (Å²) < 4.78 is 0. The van der Waals surface area contributed by atoms with E-state index in [1.165, 1.54) is 43.4 Å². The van der Waals surface area contributed by atoms with Crippen molar-refractivity contribution in [2.45, 2.75) is 0 Å². The van der Waals surface area contributed by atoms with Crippen LogP contribution in [0.1, 0.15) is 0 Å². The lowest BCUT2D eigenvalue weighted by Crippen LogP contribution is -1.77. The van der Waals surface area contributed by atoms with Gasteiger partial charge in [-0.25, -0.2) is 0 Å². The van der Waals surface area contributed by atoms with Crippen LogP contribution >= 0.6 is 0 Å². The molecule has 0 spiro atoms. The van der Waals surface area contributed by atoms with Gasteiger partial charge in [-0.05, 0) is 79.8 Å². The highest BCUT2D eigenvalue weighted by Crippen LogP contribution is 2.34. The van der Waals surface area contributed by atoms with Crippen LogP contribution in [-0.4, -0.2) is 0 Å². The Bertz CT molecular complexity index is 885. The Kier molecular flexibility index (Phi) is 1.32. The van der Waals surface area contributed by atoms with Crippen molar-refractivity contribution < 1.29 is 0 Å². The second kappa shape index (κ2) is 2.73. The molecule has 0 aromatic heterocycles. The van der Waals surface area contributed by atoms with E-state index in [-0.39, 0.29) is 0 Å². The molecule has 4 aromatic carbocycles. The molecule has 18 heavy (non-hydrogen) atoms. The molecule has 0 heterocycles. The maximum absolute atomic E-state index is 2.31. The van der Waals surface area contributed by atoms with E-state index in [9.17, 15) is 0 Å². The molecule has 0 saturated carbocycles. The molecule has 82 valence electrons. The molecule has 4 aromatic rings. The van der Waals surface area contributed by atoms with Crippen LogP contribution in [0.2, 0.25) is 0 Å². The molecule has 5 rings (SSSR count). The number of hydrogen-bond acceptors (Lipinski definition) is 0. The number of rotatable bonds is 0. The Morgan fingerprint density at radius 2 is 0.722 bits per heavy atom. The molecule has 1 aliphatic carbocycles. The fourth-order valence-corrected chi connectivity index (χ4v) is 3.11. The zero-order valence-electron chi connectivity index (χ0n) is 9.77.